The van der Waals surface area contributed by atoms with E-state index in [0.717, 1.165) is 0 Å². The topological polar surface area (TPSA) is 97.0 Å². The van der Waals surface area contributed by atoms with Crippen LogP contribution in [0.4, 0.5) is 11.9 Å². The summed E-state index contributed by atoms with van der Waals surface area (Å²) in [6.07, 6.45) is 0. The van der Waals surface area contributed by atoms with Crippen LogP contribution in [0.1, 0.15) is 6.92 Å². The van der Waals surface area contributed by atoms with Crippen molar-refractivity contribution in [2.45, 2.75) is 13.0 Å². The third-order valence-corrected chi connectivity index (χ3v) is 1.95. The fraction of sp³-hybridized carbons (Fsp3) is 0.500. The Kier molecular flexibility index (Phi) is 3.83. The molecule has 0 aliphatic heterocycles. The van der Waals surface area contributed by atoms with Crippen LogP contribution in [0.25, 0.3) is 0 Å². The number of likely N-dealkylation sites (N-methyl/N-ethyl adjacent to an activating group) is 1. The molecule has 1 aromatic heterocycles. The molecule has 1 atom stereocenters. The Hall–Kier alpha value is -1.63. The van der Waals surface area contributed by atoms with Crippen LogP contribution in [0, 0.1) is 0 Å². The van der Waals surface area contributed by atoms with Crippen molar-refractivity contribution in [3.63, 3.8) is 0 Å². The van der Waals surface area contributed by atoms with E-state index in [-0.39, 0.29) is 23.1 Å². The second-order valence-electron chi connectivity index (χ2n) is 3.38. The van der Waals surface area contributed by atoms with Crippen LogP contribution in [0.2, 0.25) is 5.28 Å². The van der Waals surface area contributed by atoms with Gasteiger partial charge in [0.05, 0.1) is 0 Å². The van der Waals surface area contributed by atoms with Crippen molar-refractivity contribution < 1.29 is 4.79 Å². The molecule has 0 aromatic carbocycles. The molecule has 0 aliphatic carbocycles. The van der Waals surface area contributed by atoms with Gasteiger partial charge in [-0.3, -0.25) is 4.79 Å². The molecule has 88 valence electrons. The third-order valence-electron chi connectivity index (χ3n) is 1.78. The summed E-state index contributed by atoms with van der Waals surface area (Å²) in [4.78, 5) is 24.2. The molecule has 0 aliphatic rings. The van der Waals surface area contributed by atoms with E-state index in [1.807, 2.05) is 0 Å². The molecule has 0 saturated heterocycles. The van der Waals surface area contributed by atoms with E-state index in [1.165, 1.54) is 4.90 Å². The average molecular weight is 245 g/mol. The molecule has 8 heteroatoms. The molecule has 16 heavy (non-hydrogen) atoms. The first-order valence-electron chi connectivity index (χ1n) is 4.55. The lowest BCUT2D eigenvalue weighted by Crippen LogP contribution is -2.37. The Morgan fingerprint density at radius 3 is 2.56 bits per heavy atom. The predicted octanol–water partition coefficient (Wildman–Crippen LogP) is -0.00420. The van der Waals surface area contributed by atoms with Gasteiger partial charge in [-0.15, -0.1) is 0 Å². The van der Waals surface area contributed by atoms with Crippen LogP contribution >= 0.6 is 11.6 Å². The van der Waals surface area contributed by atoms with Crippen molar-refractivity contribution >= 4 is 29.4 Å². The van der Waals surface area contributed by atoms with Gasteiger partial charge in [0.25, 0.3) is 0 Å². The minimum atomic E-state index is -0.465. The van der Waals surface area contributed by atoms with Crippen molar-refractivity contribution in [2.75, 3.05) is 25.1 Å². The minimum absolute atomic E-state index is 0.00648. The molecule has 1 rings (SSSR count). The van der Waals surface area contributed by atoms with E-state index in [1.54, 1.807) is 21.0 Å². The second-order valence-corrected chi connectivity index (χ2v) is 3.72. The van der Waals surface area contributed by atoms with Crippen molar-refractivity contribution in [2.24, 2.45) is 0 Å². The number of hydrogen-bond acceptors (Lipinski definition) is 6. The molecule has 1 unspecified atom stereocenters. The fourth-order valence-electron chi connectivity index (χ4n) is 1.07. The SMILES string of the molecule is CC(Nc1nc(N)nc(Cl)n1)C(=O)N(C)C. The van der Waals surface area contributed by atoms with Gasteiger partial charge in [0.2, 0.25) is 23.1 Å². The quantitative estimate of drug-likeness (QED) is 0.777. The zero-order valence-corrected chi connectivity index (χ0v) is 9.99. The van der Waals surface area contributed by atoms with Crippen molar-refractivity contribution in [1.29, 1.82) is 0 Å². The van der Waals surface area contributed by atoms with Gasteiger partial charge >= 0.3 is 0 Å². The minimum Gasteiger partial charge on any atom is -0.368 e. The lowest BCUT2D eigenvalue weighted by molar-refractivity contribution is -0.129. The molecule has 1 amide bonds. The van der Waals surface area contributed by atoms with Crippen LogP contribution in [0.15, 0.2) is 0 Å². The van der Waals surface area contributed by atoms with E-state index in [9.17, 15) is 4.79 Å². The zero-order valence-electron chi connectivity index (χ0n) is 9.23. The Bertz CT molecular complexity index is 376. The lowest BCUT2D eigenvalue weighted by Gasteiger charge is -2.17. The zero-order chi connectivity index (χ0) is 12.3. The van der Waals surface area contributed by atoms with Gasteiger partial charge in [-0.05, 0) is 18.5 Å². The van der Waals surface area contributed by atoms with E-state index in [2.05, 4.69) is 20.3 Å². The van der Waals surface area contributed by atoms with Gasteiger partial charge in [0, 0.05) is 14.1 Å². The van der Waals surface area contributed by atoms with Crippen LogP contribution in [0.5, 0.6) is 0 Å². The molecule has 0 saturated carbocycles. The maximum Gasteiger partial charge on any atom is 0.244 e. The third kappa shape index (κ3) is 3.20. The van der Waals surface area contributed by atoms with E-state index in [0.29, 0.717) is 0 Å². The van der Waals surface area contributed by atoms with Gasteiger partial charge in [-0.1, -0.05) is 0 Å². The highest BCUT2D eigenvalue weighted by Gasteiger charge is 2.16. The summed E-state index contributed by atoms with van der Waals surface area (Å²) in [5.74, 6) is 0.0855. The first kappa shape index (κ1) is 12.4. The number of aromatic nitrogens is 3. The Balaban J connectivity index is 2.76. The van der Waals surface area contributed by atoms with Gasteiger partial charge in [0.1, 0.15) is 6.04 Å². The van der Waals surface area contributed by atoms with E-state index in [4.69, 9.17) is 17.3 Å². The summed E-state index contributed by atoms with van der Waals surface area (Å²) in [7, 11) is 3.32. The maximum absolute atomic E-state index is 11.5. The summed E-state index contributed by atoms with van der Waals surface area (Å²) in [6.45, 7) is 1.69. The number of carbonyl (C=O) groups excluding carboxylic acids is 1. The summed E-state index contributed by atoms with van der Waals surface area (Å²) >= 11 is 5.60. The van der Waals surface area contributed by atoms with Crippen LogP contribution in [-0.2, 0) is 4.79 Å². The number of nitrogens with two attached hydrogens (primary N) is 1. The molecule has 1 heterocycles. The Morgan fingerprint density at radius 2 is 2.06 bits per heavy atom. The van der Waals surface area contributed by atoms with Crippen molar-refractivity contribution in [1.82, 2.24) is 19.9 Å². The molecular formula is C8H13ClN6O. The number of nitrogens with zero attached hydrogens (tertiary/aromatic N) is 4. The number of rotatable bonds is 3. The summed E-state index contributed by atoms with van der Waals surface area (Å²) in [6, 6.07) is -0.465. The molecule has 1 aromatic rings. The predicted molar refractivity (Wildman–Crippen MR) is 61.0 cm³/mol. The second kappa shape index (κ2) is 4.93. The number of halogens is 1. The molecule has 0 fully saturated rings. The van der Waals surface area contributed by atoms with Crippen molar-refractivity contribution in [3.8, 4) is 0 Å². The molecule has 0 radical (unpaired) electrons. The molecular weight excluding hydrogens is 232 g/mol. The molecule has 3 N–H and O–H groups in total. The van der Waals surface area contributed by atoms with E-state index < -0.39 is 6.04 Å². The molecule has 0 bridgehead atoms. The maximum atomic E-state index is 11.5. The standard InChI is InChI=1S/C8H13ClN6O/c1-4(5(16)15(2)3)11-8-13-6(9)12-7(10)14-8/h4H,1-3H3,(H3,10,11,12,13,14). The average Bonchev–Trinajstić information content (AvgIpc) is 2.14. The number of nitrogen functional groups attached to an aromatic ring is 1. The fourth-order valence-corrected chi connectivity index (χ4v) is 1.24. The monoisotopic (exact) mass is 244 g/mol. The Labute approximate surface area is 98.0 Å². The van der Waals surface area contributed by atoms with Crippen LogP contribution in [-0.4, -0.2) is 45.9 Å². The largest absolute Gasteiger partial charge is 0.368 e. The van der Waals surface area contributed by atoms with Gasteiger partial charge in [-0.2, -0.15) is 15.0 Å². The normalized spacial score (nSPS) is 12.0. The summed E-state index contributed by atoms with van der Waals surface area (Å²) in [5, 5.41) is 2.77. The first-order valence-corrected chi connectivity index (χ1v) is 4.92. The number of amides is 1. The number of carbonyl (C=O) groups is 1. The van der Waals surface area contributed by atoms with E-state index >= 15 is 0 Å². The number of nitrogens with one attached hydrogen (secondary N) is 1. The summed E-state index contributed by atoms with van der Waals surface area (Å²) in [5.41, 5.74) is 5.39. The molecule has 7 nitrogen and oxygen atoms in total. The number of anilines is 2. The Morgan fingerprint density at radius 1 is 1.44 bits per heavy atom. The first-order chi connectivity index (χ1) is 7.40. The van der Waals surface area contributed by atoms with Crippen LogP contribution < -0.4 is 11.1 Å². The molecule has 0 spiro atoms. The van der Waals surface area contributed by atoms with Crippen LogP contribution in [0.3, 0.4) is 0 Å². The number of hydrogen-bond donors (Lipinski definition) is 2. The van der Waals surface area contributed by atoms with Gasteiger partial charge < -0.3 is 16.0 Å². The smallest absolute Gasteiger partial charge is 0.244 e. The van der Waals surface area contributed by atoms with Gasteiger partial charge in [-0.25, -0.2) is 0 Å². The highest BCUT2D eigenvalue weighted by atomic mass is 35.5. The van der Waals surface area contributed by atoms with Gasteiger partial charge in [0.15, 0.2) is 0 Å². The lowest BCUT2D eigenvalue weighted by atomic mass is 10.3. The highest BCUT2D eigenvalue weighted by Crippen LogP contribution is 2.08. The summed E-state index contributed by atoms with van der Waals surface area (Å²) < 4.78 is 0. The highest BCUT2D eigenvalue weighted by molar-refractivity contribution is 6.28. The van der Waals surface area contributed by atoms with Crippen molar-refractivity contribution in [3.05, 3.63) is 5.28 Å².